The molecule has 2 fully saturated rings. The van der Waals surface area contributed by atoms with Crippen LogP contribution in [0.5, 0.6) is 0 Å². The molecule has 5 heteroatoms. The Morgan fingerprint density at radius 1 is 1.24 bits per heavy atom. The SMILES string of the molecule is O=[N+]([O-])c1ccccc1CN1CCNCC12CCCCC2. The monoisotopic (exact) mass is 289 g/mol. The molecule has 1 N–H and O–H groups in total. The van der Waals surface area contributed by atoms with E-state index < -0.39 is 0 Å². The molecule has 1 heterocycles. The van der Waals surface area contributed by atoms with E-state index in [1.54, 1.807) is 12.1 Å². The molecule has 0 bridgehead atoms. The molecule has 0 radical (unpaired) electrons. The number of piperazine rings is 1. The molecule has 1 aliphatic heterocycles. The summed E-state index contributed by atoms with van der Waals surface area (Å²) in [6, 6.07) is 7.16. The summed E-state index contributed by atoms with van der Waals surface area (Å²) in [4.78, 5) is 13.4. The first-order chi connectivity index (χ1) is 10.2. The molecular weight excluding hydrogens is 266 g/mol. The molecule has 1 aliphatic carbocycles. The van der Waals surface area contributed by atoms with Gasteiger partial charge in [-0.3, -0.25) is 15.0 Å². The van der Waals surface area contributed by atoms with Gasteiger partial charge in [-0.2, -0.15) is 0 Å². The van der Waals surface area contributed by atoms with Crippen LogP contribution in [0.3, 0.4) is 0 Å². The van der Waals surface area contributed by atoms with E-state index >= 15 is 0 Å². The summed E-state index contributed by atoms with van der Waals surface area (Å²) in [6.07, 6.45) is 6.28. The van der Waals surface area contributed by atoms with Gasteiger partial charge in [-0.1, -0.05) is 37.5 Å². The maximum absolute atomic E-state index is 11.2. The molecule has 0 unspecified atom stereocenters. The van der Waals surface area contributed by atoms with Gasteiger partial charge < -0.3 is 5.32 Å². The number of nitrogens with zero attached hydrogens (tertiary/aromatic N) is 2. The molecule has 0 amide bonds. The van der Waals surface area contributed by atoms with Gasteiger partial charge in [0.25, 0.3) is 5.69 Å². The second-order valence-electron chi connectivity index (χ2n) is 6.27. The highest BCUT2D eigenvalue weighted by atomic mass is 16.6. The number of para-hydroxylation sites is 1. The van der Waals surface area contributed by atoms with Crippen molar-refractivity contribution in [2.45, 2.75) is 44.2 Å². The van der Waals surface area contributed by atoms with E-state index in [0.29, 0.717) is 6.54 Å². The first-order valence-corrected chi connectivity index (χ1v) is 7.89. The Kier molecular flexibility index (Phi) is 4.22. The van der Waals surface area contributed by atoms with Crippen molar-refractivity contribution in [2.24, 2.45) is 0 Å². The molecule has 2 aliphatic rings. The van der Waals surface area contributed by atoms with Crippen molar-refractivity contribution in [2.75, 3.05) is 19.6 Å². The van der Waals surface area contributed by atoms with E-state index in [9.17, 15) is 10.1 Å². The first kappa shape index (κ1) is 14.5. The predicted octanol–water partition coefficient (Wildman–Crippen LogP) is 2.70. The van der Waals surface area contributed by atoms with Crippen LogP contribution >= 0.6 is 0 Å². The minimum Gasteiger partial charge on any atom is -0.314 e. The molecule has 114 valence electrons. The quantitative estimate of drug-likeness (QED) is 0.686. The van der Waals surface area contributed by atoms with Gasteiger partial charge in [-0.05, 0) is 12.8 Å². The highest BCUT2D eigenvalue weighted by molar-refractivity contribution is 5.39. The van der Waals surface area contributed by atoms with Gasteiger partial charge in [0.05, 0.1) is 4.92 Å². The Balaban J connectivity index is 1.83. The van der Waals surface area contributed by atoms with Crippen LogP contribution in [-0.2, 0) is 6.54 Å². The molecule has 1 spiro atoms. The summed E-state index contributed by atoms with van der Waals surface area (Å²) in [5.74, 6) is 0. The third-order valence-electron chi connectivity index (χ3n) is 5.02. The number of nitrogens with one attached hydrogen (secondary N) is 1. The van der Waals surface area contributed by atoms with Crippen molar-refractivity contribution in [1.29, 1.82) is 0 Å². The summed E-state index contributed by atoms with van der Waals surface area (Å²) < 4.78 is 0. The van der Waals surface area contributed by atoms with Gasteiger partial charge >= 0.3 is 0 Å². The summed E-state index contributed by atoms with van der Waals surface area (Å²) in [7, 11) is 0. The van der Waals surface area contributed by atoms with Gasteiger partial charge in [0, 0.05) is 43.3 Å². The lowest BCUT2D eigenvalue weighted by Gasteiger charge is -2.50. The average Bonchev–Trinajstić information content (AvgIpc) is 2.51. The van der Waals surface area contributed by atoms with Crippen LogP contribution in [0.1, 0.15) is 37.7 Å². The van der Waals surface area contributed by atoms with Crippen LogP contribution in [0, 0.1) is 10.1 Å². The Bertz CT molecular complexity index is 504. The molecule has 1 aromatic rings. The second kappa shape index (κ2) is 6.12. The minimum atomic E-state index is -0.259. The van der Waals surface area contributed by atoms with Gasteiger partial charge in [-0.15, -0.1) is 0 Å². The third-order valence-corrected chi connectivity index (χ3v) is 5.02. The van der Waals surface area contributed by atoms with E-state index in [-0.39, 0.29) is 16.1 Å². The maximum Gasteiger partial charge on any atom is 0.273 e. The van der Waals surface area contributed by atoms with E-state index in [4.69, 9.17) is 0 Å². The van der Waals surface area contributed by atoms with Gasteiger partial charge in [0.1, 0.15) is 0 Å². The van der Waals surface area contributed by atoms with Crippen molar-refractivity contribution in [3.63, 3.8) is 0 Å². The van der Waals surface area contributed by atoms with Crippen LogP contribution in [0.4, 0.5) is 5.69 Å². The lowest BCUT2D eigenvalue weighted by molar-refractivity contribution is -0.385. The Morgan fingerprint density at radius 3 is 2.76 bits per heavy atom. The van der Waals surface area contributed by atoms with Crippen LogP contribution in [0.2, 0.25) is 0 Å². The maximum atomic E-state index is 11.2. The topological polar surface area (TPSA) is 58.4 Å². The van der Waals surface area contributed by atoms with Crippen LogP contribution < -0.4 is 5.32 Å². The molecule has 5 nitrogen and oxygen atoms in total. The van der Waals surface area contributed by atoms with E-state index in [1.165, 1.54) is 32.1 Å². The molecule has 21 heavy (non-hydrogen) atoms. The van der Waals surface area contributed by atoms with Crippen molar-refractivity contribution < 1.29 is 4.92 Å². The number of nitro benzene ring substituents is 1. The lowest BCUT2D eigenvalue weighted by atomic mass is 9.79. The van der Waals surface area contributed by atoms with Crippen molar-refractivity contribution in [1.82, 2.24) is 10.2 Å². The van der Waals surface area contributed by atoms with Crippen molar-refractivity contribution >= 4 is 5.69 Å². The molecule has 1 aromatic carbocycles. The summed E-state index contributed by atoms with van der Waals surface area (Å²) in [5, 5.41) is 14.7. The number of nitro groups is 1. The largest absolute Gasteiger partial charge is 0.314 e. The molecule has 3 rings (SSSR count). The van der Waals surface area contributed by atoms with E-state index in [0.717, 1.165) is 25.2 Å². The average molecular weight is 289 g/mol. The number of hydrogen-bond donors (Lipinski definition) is 1. The normalized spacial score (nSPS) is 22.3. The standard InChI is InChI=1S/C16H23N3O2/c20-19(21)15-7-3-2-6-14(15)12-18-11-10-17-13-16(18)8-4-1-5-9-16/h2-3,6-7,17H,1,4-5,8-13H2. The van der Waals surface area contributed by atoms with Gasteiger partial charge in [-0.25, -0.2) is 0 Å². The Morgan fingerprint density at radius 2 is 2.00 bits per heavy atom. The fraction of sp³-hybridized carbons (Fsp3) is 0.625. The third kappa shape index (κ3) is 2.94. The van der Waals surface area contributed by atoms with Crippen LogP contribution in [0.15, 0.2) is 24.3 Å². The molecule has 0 atom stereocenters. The zero-order valence-electron chi connectivity index (χ0n) is 12.4. The number of benzene rings is 1. The minimum absolute atomic E-state index is 0.209. The Hall–Kier alpha value is -1.46. The fourth-order valence-electron chi connectivity index (χ4n) is 3.86. The summed E-state index contributed by atoms with van der Waals surface area (Å²) in [5.41, 5.74) is 1.30. The molecular formula is C16H23N3O2. The van der Waals surface area contributed by atoms with Gasteiger partial charge in [0.2, 0.25) is 0 Å². The van der Waals surface area contributed by atoms with Crippen molar-refractivity contribution in [3.8, 4) is 0 Å². The van der Waals surface area contributed by atoms with Crippen LogP contribution in [-0.4, -0.2) is 35.0 Å². The zero-order valence-corrected chi connectivity index (χ0v) is 12.4. The fourth-order valence-corrected chi connectivity index (χ4v) is 3.86. The predicted molar refractivity (Wildman–Crippen MR) is 82.2 cm³/mol. The molecule has 1 saturated carbocycles. The number of rotatable bonds is 3. The van der Waals surface area contributed by atoms with Gasteiger partial charge in [0.15, 0.2) is 0 Å². The van der Waals surface area contributed by atoms with E-state index in [2.05, 4.69) is 10.2 Å². The smallest absolute Gasteiger partial charge is 0.273 e. The highest BCUT2D eigenvalue weighted by Gasteiger charge is 2.40. The lowest BCUT2D eigenvalue weighted by Crippen LogP contribution is -2.61. The molecule has 0 aromatic heterocycles. The highest BCUT2D eigenvalue weighted by Crippen LogP contribution is 2.36. The number of hydrogen-bond acceptors (Lipinski definition) is 4. The zero-order chi connectivity index (χ0) is 14.7. The summed E-state index contributed by atoms with van der Waals surface area (Å²) in [6.45, 7) is 3.67. The first-order valence-electron chi connectivity index (χ1n) is 7.89. The van der Waals surface area contributed by atoms with Crippen molar-refractivity contribution in [3.05, 3.63) is 39.9 Å². The van der Waals surface area contributed by atoms with E-state index in [1.807, 2.05) is 12.1 Å². The molecule has 1 saturated heterocycles. The Labute approximate surface area is 125 Å². The van der Waals surface area contributed by atoms with Crippen LogP contribution in [0.25, 0.3) is 0 Å². The second-order valence-corrected chi connectivity index (χ2v) is 6.27. The summed E-state index contributed by atoms with van der Waals surface area (Å²) >= 11 is 0.